The van der Waals surface area contributed by atoms with Crippen molar-refractivity contribution in [1.82, 2.24) is 4.90 Å². The van der Waals surface area contributed by atoms with Crippen LogP contribution in [0.5, 0.6) is 0 Å². The second kappa shape index (κ2) is 4.68. The predicted molar refractivity (Wildman–Crippen MR) is 59.2 cm³/mol. The summed E-state index contributed by atoms with van der Waals surface area (Å²) in [5, 5.41) is 19.9. The third-order valence-corrected chi connectivity index (χ3v) is 4.02. The molecule has 5 nitrogen and oxygen atoms in total. The zero-order valence-corrected chi connectivity index (χ0v) is 10.1. The van der Waals surface area contributed by atoms with E-state index in [9.17, 15) is 19.0 Å². The minimum absolute atomic E-state index is 0.598. The van der Waals surface area contributed by atoms with Crippen molar-refractivity contribution in [1.29, 1.82) is 0 Å². The molecule has 2 aliphatic heterocycles. The van der Waals surface area contributed by atoms with Crippen LogP contribution in [0.15, 0.2) is 4.99 Å². The lowest BCUT2D eigenvalue weighted by atomic mass is 9.98. The maximum absolute atomic E-state index is 12.6. The molecule has 0 amide bonds. The van der Waals surface area contributed by atoms with Crippen LogP contribution >= 0.6 is 11.8 Å². The van der Waals surface area contributed by atoms with Crippen molar-refractivity contribution in [2.75, 3.05) is 14.1 Å². The smallest absolute Gasteiger partial charge is 0.267 e. The van der Waals surface area contributed by atoms with E-state index >= 15 is 0 Å². The number of nitrogens with zero attached hydrogens (tertiary/aromatic N) is 2. The summed E-state index contributed by atoms with van der Waals surface area (Å²) in [5.41, 5.74) is -0.662. The maximum atomic E-state index is 12.6. The van der Waals surface area contributed by atoms with E-state index in [0.717, 1.165) is 0 Å². The molecule has 98 valence electrons. The minimum Gasteiger partial charge on any atom is -0.388 e. The zero-order valence-electron chi connectivity index (χ0n) is 9.33. The lowest BCUT2D eigenvalue weighted by Crippen LogP contribution is -2.56. The topological polar surface area (TPSA) is 65.3 Å². The molecule has 2 N–H and O–H groups in total. The fourth-order valence-electron chi connectivity index (χ4n) is 1.80. The maximum Gasteiger partial charge on any atom is 0.267 e. The number of hydrogen-bond donors (Lipinski definition) is 2. The Bertz CT molecular complexity index is 329. The zero-order chi connectivity index (χ0) is 12.7. The average molecular weight is 268 g/mol. The standard InChI is InChI=1S/C9H14F2N2O3S/c1-13(2)9-12-3-4(14)5(15)6(7(10)11)16-8(3)17-9/h3-8,14-15H,1-2H3/t3-,4-,5+,6?,8-/m1/s1. The number of hydrogen-bond acceptors (Lipinski definition) is 6. The number of halogens is 2. The Morgan fingerprint density at radius 2 is 2.00 bits per heavy atom. The van der Waals surface area contributed by atoms with Crippen molar-refractivity contribution < 1.29 is 23.7 Å². The van der Waals surface area contributed by atoms with Gasteiger partial charge in [0.1, 0.15) is 29.8 Å². The normalized spacial score (nSPS) is 41.4. The van der Waals surface area contributed by atoms with E-state index < -0.39 is 36.2 Å². The van der Waals surface area contributed by atoms with Crippen molar-refractivity contribution in [3.63, 3.8) is 0 Å². The first-order chi connectivity index (χ1) is 7.91. The van der Waals surface area contributed by atoms with Gasteiger partial charge in [0.25, 0.3) is 6.43 Å². The summed E-state index contributed by atoms with van der Waals surface area (Å²) >= 11 is 1.18. The molecule has 2 heterocycles. The first-order valence-corrected chi connectivity index (χ1v) is 6.01. The molecule has 0 radical (unpaired) electrons. The molecule has 2 rings (SSSR count). The van der Waals surface area contributed by atoms with Crippen LogP contribution in [0, 0.1) is 0 Å². The second-order valence-electron chi connectivity index (χ2n) is 4.20. The molecule has 1 unspecified atom stereocenters. The molecule has 0 aromatic rings. The number of fused-ring (bicyclic) bond motifs is 1. The van der Waals surface area contributed by atoms with E-state index in [0.29, 0.717) is 5.17 Å². The third-order valence-electron chi connectivity index (χ3n) is 2.72. The molecule has 0 bridgehead atoms. The summed E-state index contributed by atoms with van der Waals surface area (Å²) in [6.45, 7) is 0. The molecule has 8 heteroatoms. The monoisotopic (exact) mass is 268 g/mol. The van der Waals surface area contributed by atoms with Gasteiger partial charge in [-0.05, 0) is 0 Å². The molecule has 0 saturated carbocycles. The second-order valence-corrected chi connectivity index (χ2v) is 5.26. The van der Waals surface area contributed by atoms with Crippen molar-refractivity contribution in [3.8, 4) is 0 Å². The van der Waals surface area contributed by atoms with Gasteiger partial charge < -0.3 is 19.8 Å². The Kier molecular flexibility index (Phi) is 3.58. The molecule has 0 aliphatic carbocycles. The Labute approximate surface area is 101 Å². The highest BCUT2D eigenvalue weighted by Gasteiger charge is 2.51. The van der Waals surface area contributed by atoms with Crippen LogP contribution in [0.3, 0.4) is 0 Å². The van der Waals surface area contributed by atoms with Gasteiger partial charge in [0.15, 0.2) is 5.17 Å². The van der Waals surface area contributed by atoms with Crippen LogP contribution in [0.25, 0.3) is 0 Å². The van der Waals surface area contributed by atoms with Gasteiger partial charge in [0.05, 0.1) is 0 Å². The quantitative estimate of drug-likeness (QED) is 0.685. The van der Waals surface area contributed by atoms with Crippen LogP contribution in [-0.4, -0.2) is 70.6 Å². The number of aliphatic hydroxyl groups excluding tert-OH is 2. The molecule has 0 aromatic carbocycles. The highest BCUT2D eigenvalue weighted by atomic mass is 32.2. The van der Waals surface area contributed by atoms with E-state index in [-0.39, 0.29) is 0 Å². The molecular formula is C9H14F2N2O3S. The first-order valence-electron chi connectivity index (χ1n) is 5.13. The van der Waals surface area contributed by atoms with Gasteiger partial charge in [0.2, 0.25) is 0 Å². The van der Waals surface area contributed by atoms with Crippen molar-refractivity contribution >= 4 is 16.9 Å². The summed E-state index contributed by atoms with van der Waals surface area (Å²) in [6, 6.07) is -0.692. The van der Waals surface area contributed by atoms with Crippen LogP contribution in [0.1, 0.15) is 0 Å². The van der Waals surface area contributed by atoms with Gasteiger partial charge in [-0.15, -0.1) is 0 Å². The van der Waals surface area contributed by atoms with Crippen LogP contribution in [0.2, 0.25) is 0 Å². The largest absolute Gasteiger partial charge is 0.388 e. The fraction of sp³-hybridized carbons (Fsp3) is 0.889. The molecule has 0 spiro atoms. The van der Waals surface area contributed by atoms with Crippen LogP contribution in [0.4, 0.5) is 8.78 Å². The van der Waals surface area contributed by atoms with Gasteiger partial charge >= 0.3 is 0 Å². The molecule has 1 saturated heterocycles. The van der Waals surface area contributed by atoms with Crippen molar-refractivity contribution in [2.45, 2.75) is 36.2 Å². The van der Waals surface area contributed by atoms with Crippen molar-refractivity contribution in [3.05, 3.63) is 0 Å². The third kappa shape index (κ3) is 2.26. The molecule has 1 fully saturated rings. The van der Waals surface area contributed by atoms with Gasteiger partial charge in [-0.1, -0.05) is 11.8 Å². The van der Waals surface area contributed by atoms with Gasteiger partial charge in [-0.25, -0.2) is 8.78 Å². The molecule has 17 heavy (non-hydrogen) atoms. The summed E-state index contributed by atoms with van der Waals surface area (Å²) in [6.07, 6.45) is -7.42. The van der Waals surface area contributed by atoms with Gasteiger partial charge in [-0.3, -0.25) is 4.99 Å². The number of rotatable bonds is 1. The number of aliphatic imine (C=N–C) groups is 1. The molecule has 0 aromatic heterocycles. The fourth-order valence-corrected chi connectivity index (χ4v) is 2.95. The Balaban J connectivity index is 2.15. The van der Waals surface area contributed by atoms with E-state index in [1.54, 1.807) is 19.0 Å². The lowest BCUT2D eigenvalue weighted by molar-refractivity contribution is -0.193. The van der Waals surface area contributed by atoms with E-state index in [2.05, 4.69) is 4.99 Å². The summed E-state index contributed by atoms with van der Waals surface area (Å²) in [5.74, 6) is 0. The summed E-state index contributed by atoms with van der Waals surface area (Å²) in [7, 11) is 3.52. The SMILES string of the molecule is CN(C)C1=N[C@@H]2[C@@H](O)[C@H](O)C(C(F)F)O[C@@H]2S1. The summed E-state index contributed by atoms with van der Waals surface area (Å²) in [4.78, 5) is 5.87. The number of amidine groups is 1. The van der Waals surface area contributed by atoms with Gasteiger partial charge in [0, 0.05) is 14.1 Å². The predicted octanol–water partition coefficient (Wildman–Crippen LogP) is -0.269. The highest BCUT2D eigenvalue weighted by molar-refractivity contribution is 8.14. The number of ether oxygens (including phenoxy) is 1. The number of thioether (sulfide) groups is 1. The van der Waals surface area contributed by atoms with Gasteiger partial charge in [-0.2, -0.15) is 0 Å². The molecule has 2 aliphatic rings. The van der Waals surface area contributed by atoms with E-state index in [1.165, 1.54) is 11.8 Å². The Hall–Kier alpha value is -0.440. The molecular weight excluding hydrogens is 254 g/mol. The number of aliphatic hydroxyl groups is 2. The average Bonchev–Trinajstić information content (AvgIpc) is 2.67. The van der Waals surface area contributed by atoms with E-state index in [4.69, 9.17) is 4.74 Å². The van der Waals surface area contributed by atoms with Crippen molar-refractivity contribution in [2.24, 2.45) is 4.99 Å². The molecule has 5 atom stereocenters. The first kappa shape index (κ1) is 13.0. The van der Waals surface area contributed by atoms with E-state index in [1.807, 2.05) is 0 Å². The lowest BCUT2D eigenvalue weighted by Gasteiger charge is -2.37. The minimum atomic E-state index is -2.83. The number of alkyl halides is 2. The Morgan fingerprint density at radius 3 is 2.53 bits per heavy atom. The summed E-state index contributed by atoms with van der Waals surface area (Å²) < 4.78 is 30.3. The van der Waals surface area contributed by atoms with Crippen LogP contribution in [-0.2, 0) is 4.74 Å². The van der Waals surface area contributed by atoms with Crippen LogP contribution < -0.4 is 0 Å². The highest BCUT2D eigenvalue weighted by Crippen LogP contribution is 2.38. The Morgan fingerprint density at radius 1 is 1.35 bits per heavy atom.